The van der Waals surface area contributed by atoms with Gasteiger partial charge in [-0.3, -0.25) is 9.20 Å². The lowest BCUT2D eigenvalue weighted by Crippen LogP contribution is -2.33. The first-order chi connectivity index (χ1) is 13.0. The Kier molecular flexibility index (Phi) is 4.72. The molecule has 0 spiro atoms. The number of nitrogens with zero attached hydrogens (tertiary/aromatic N) is 3. The number of halogens is 1. The summed E-state index contributed by atoms with van der Waals surface area (Å²) < 4.78 is 1.79. The van der Waals surface area contributed by atoms with Crippen molar-refractivity contribution in [2.75, 3.05) is 5.32 Å². The molecule has 2 heterocycles. The molecule has 4 rings (SSSR count). The predicted molar refractivity (Wildman–Crippen MR) is 106 cm³/mol. The van der Waals surface area contributed by atoms with Crippen LogP contribution < -0.4 is 16.8 Å². The summed E-state index contributed by atoms with van der Waals surface area (Å²) in [4.78, 5) is 20.9. The van der Waals surface area contributed by atoms with E-state index < -0.39 is 5.91 Å². The zero-order valence-electron chi connectivity index (χ0n) is 14.7. The number of nitrogens with two attached hydrogens (primary N) is 2. The van der Waals surface area contributed by atoms with Crippen LogP contribution in [-0.2, 0) is 0 Å². The second-order valence-electron chi connectivity index (χ2n) is 6.94. The molecule has 1 aromatic carbocycles. The number of hydrogen-bond acceptors (Lipinski definition) is 5. The van der Waals surface area contributed by atoms with Crippen LogP contribution in [0.5, 0.6) is 0 Å². The lowest BCUT2D eigenvalue weighted by molar-refractivity contribution is 0.100. The lowest BCUT2D eigenvalue weighted by Gasteiger charge is -2.27. The van der Waals surface area contributed by atoms with Crippen LogP contribution in [0.2, 0.25) is 5.02 Å². The molecule has 0 bridgehead atoms. The number of aromatic nitrogens is 3. The monoisotopic (exact) mass is 384 g/mol. The standard InChI is InChI=1S/C19H21ClN6O/c20-12-3-1-11(2-4-12)16-10-26-18(25-16)15(17(22)27)9-23-19(26)24-14-7-5-13(21)6-8-14/h1-4,9-10,13-14H,5-8,21H2,(H2,22,27)(H,23,24). The quantitative estimate of drug-likeness (QED) is 0.640. The van der Waals surface area contributed by atoms with Crippen LogP contribution in [-0.4, -0.2) is 32.4 Å². The number of benzene rings is 1. The van der Waals surface area contributed by atoms with Crippen molar-refractivity contribution in [3.63, 3.8) is 0 Å². The smallest absolute Gasteiger partial charge is 0.254 e. The first kappa shape index (κ1) is 17.8. The molecule has 140 valence electrons. The third-order valence-electron chi connectivity index (χ3n) is 5.00. The number of hydrogen-bond donors (Lipinski definition) is 3. The number of carbonyl (C=O) groups excluding carboxylic acids is 1. The second kappa shape index (κ2) is 7.17. The van der Waals surface area contributed by atoms with E-state index in [1.165, 1.54) is 6.20 Å². The predicted octanol–water partition coefficient (Wildman–Crippen LogP) is 2.83. The van der Waals surface area contributed by atoms with Crippen molar-refractivity contribution in [3.05, 3.63) is 47.2 Å². The summed E-state index contributed by atoms with van der Waals surface area (Å²) in [6.45, 7) is 0. The van der Waals surface area contributed by atoms with E-state index in [9.17, 15) is 4.79 Å². The molecule has 5 N–H and O–H groups in total. The molecule has 2 aromatic heterocycles. The van der Waals surface area contributed by atoms with Crippen LogP contribution in [0.1, 0.15) is 36.0 Å². The van der Waals surface area contributed by atoms with Gasteiger partial charge in [-0.2, -0.15) is 0 Å². The molecule has 0 saturated heterocycles. The third-order valence-corrected chi connectivity index (χ3v) is 5.25. The van der Waals surface area contributed by atoms with Crippen LogP contribution in [0.25, 0.3) is 16.9 Å². The number of primary amides is 1. The molecular weight excluding hydrogens is 364 g/mol. The van der Waals surface area contributed by atoms with Crippen molar-refractivity contribution in [1.29, 1.82) is 0 Å². The molecule has 0 radical (unpaired) electrons. The Balaban J connectivity index is 1.74. The highest BCUT2D eigenvalue weighted by molar-refractivity contribution is 6.30. The maximum absolute atomic E-state index is 11.8. The molecule has 0 atom stereocenters. The summed E-state index contributed by atoms with van der Waals surface area (Å²) in [6, 6.07) is 7.95. The van der Waals surface area contributed by atoms with E-state index >= 15 is 0 Å². The normalized spacial score (nSPS) is 19.9. The zero-order chi connectivity index (χ0) is 19.0. The molecule has 1 fully saturated rings. The van der Waals surface area contributed by atoms with Gasteiger partial charge in [0.1, 0.15) is 5.56 Å². The summed E-state index contributed by atoms with van der Waals surface area (Å²) in [5.74, 6) is 0.0825. The highest BCUT2D eigenvalue weighted by atomic mass is 35.5. The molecule has 7 nitrogen and oxygen atoms in total. The van der Waals surface area contributed by atoms with Crippen molar-refractivity contribution in [2.24, 2.45) is 11.5 Å². The lowest BCUT2D eigenvalue weighted by atomic mass is 9.92. The Morgan fingerprint density at radius 2 is 1.89 bits per heavy atom. The summed E-state index contributed by atoms with van der Waals surface area (Å²) in [5, 5.41) is 4.12. The Morgan fingerprint density at radius 3 is 2.56 bits per heavy atom. The minimum absolute atomic E-state index is 0.276. The third kappa shape index (κ3) is 3.61. The number of anilines is 1. The van der Waals surface area contributed by atoms with Crippen molar-refractivity contribution in [3.8, 4) is 11.3 Å². The second-order valence-corrected chi connectivity index (χ2v) is 7.38. The Bertz CT molecular complexity index is 976. The Morgan fingerprint density at radius 1 is 1.19 bits per heavy atom. The number of rotatable bonds is 4. The van der Waals surface area contributed by atoms with E-state index in [0.717, 1.165) is 36.9 Å². The topological polar surface area (TPSA) is 111 Å². The van der Waals surface area contributed by atoms with Crippen LogP contribution in [0, 0.1) is 0 Å². The molecular formula is C19H21ClN6O. The molecule has 0 unspecified atom stereocenters. The fourth-order valence-electron chi connectivity index (χ4n) is 3.46. The maximum Gasteiger partial charge on any atom is 0.254 e. The summed E-state index contributed by atoms with van der Waals surface area (Å²) >= 11 is 5.97. The van der Waals surface area contributed by atoms with E-state index in [1.54, 1.807) is 16.5 Å². The maximum atomic E-state index is 11.8. The van der Waals surface area contributed by atoms with Gasteiger partial charge in [-0.1, -0.05) is 23.7 Å². The van der Waals surface area contributed by atoms with Gasteiger partial charge in [0.2, 0.25) is 5.95 Å². The SMILES string of the molecule is NC(=O)c1cnc(NC2CCC(N)CC2)n2cc(-c3ccc(Cl)cc3)nc12. The molecule has 1 amide bonds. The molecule has 1 saturated carbocycles. The largest absolute Gasteiger partial charge is 0.365 e. The van der Waals surface area contributed by atoms with Gasteiger partial charge in [0.05, 0.1) is 5.69 Å². The summed E-state index contributed by atoms with van der Waals surface area (Å²) in [7, 11) is 0. The molecule has 27 heavy (non-hydrogen) atoms. The van der Waals surface area contributed by atoms with E-state index in [4.69, 9.17) is 23.1 Å². The fourth-order valence-corrected chi connectivity index (χ4v) is 3.59. The van der Waals surface area contributed by atoms with Gasteiger partial charge in [-0.05, 0) is 37.8 Å². The van der Waals surface area contributed by atoms with Crippen LogP contribution in [0.3, 0.4) is 0 Å². The van der Waals surface area contributed by atoms with E-state index in [-0.39, 0.29) is 11.6 Å². The first-order valence-corrected chi connectivity index (χ1v) is 9.35. The molecule has 0 aliphatic heterocycles. The summed E-state index contributed by atoms with van der Waals surface area (Å²) in [6.07, 6.45) is 7.28. The zero-order valence-corrected chi connectivity index (χ0v) is 15.5. The van der Waals surface area contributed by atoms with Gasteiger partial charge in [0.25, 0.3) is 5.91 Å². The molecule has 1 aliphatic rings. The number of fused-ring (bicyclic) bond motifs is 1. The van der Waals surface area contributed by atoms with Gasteiger partial charge in [-0.15, -0.1) is 0 Å². The van der Waals surface area contributed by atoms with Crippen LogP contribution in [0.4, 0.5) is 5.95 Å². The molecule has 1 aliphatic carbocycles. The number of amides is 1. The average Bonchev–Trinajstić information content (AvgIpc) is 3.09. The number of imidazole rings is 1. The van der Waals surface area contributed by atoms with Gasteiger partial charge >= 0.3 is 0 Å². The number of carbonyl (C=O) groups is 1. The Labute approximate surface area is 161 Å². The van der Waals surface area contributed by atoms with Crippen molar-refractivity contribution >= 4 is 29.1 Å². The van der Waals surface area contributed by atoms with Gasteiger partial charge in [0.15, 0.2) is 5.65 Å². The van der Waals surface area contributed by atoms with Gasteiger partial charge < -0.3 is 16.8 Å². The van der Waals surface area contributed by atoms with E-state index in [1.807, 2.05) is 18.3 Å². The van der Waals surface area contributed by atoms with Crippen molar-refractivity contribution in [1.82, 2.24) is 14.4 Å². The van der Waals surface area contributed by atoms with Crippen LogP contribution >= 0.6 is 11.6 Å². The molecule has 3 aromatic rings. The van der Waals surface area contributed by atoms with Crippen molar-refractivity contribution in [2.45, 2.75) is 37.8 Å². The summed E-state index contributed by atoms with van der Waals surface area (Å²) in [5.41, 5.74) is 13.9. The average molecular weight is 385 g/mol. The molecule has 8 heteroatoms. The Hall–Kier alpha value is -2.64. The minimum atomic E-state index is -0.559. The van der Waals surface area contributed by atoms with Gasteiger partial charge in [-0.25, -0.2) is 9.97 Å². The fraction of sp³-hybridized carbons (Fsp3) is 0.316. The number of nitrogens with one attached hydrogen (secondary N) is 1. The highest BCUT2D eigenvalue weighted by Crippen LogP contribution is 2.26. The van der Waals surface area contributed by atoms with Crippen LogP contribution in [0.15, 0.2) is 36.7 Å². The minimum Gasteiger partial charge on any atom is -0.365 e. The van der Waals surface area contributed by atoms with Crippen molar-refractivity contribution < 1.29 is 4.79 Å². The van der Waals surface area contributed by atoms with E-state index in [0.29, 0.717) is 22.7 Å². The van der Waals surface area contributed by atoms with Gasteiger partial charge in [0, 0.05) is 35.1 Å². The first-order valence-electron chi connectivity index (χ1n) is 8.97. The van der Waals surface area contributed by atoms with E-state index in [2.05, 4.69) is 15.3 Å². The highest BCUT2D eigenvalue weighted by Gasteiger charge is 2.21.